The summed E-state index contributed by atoms with van der Waals surface area (Å²) >= 11 is 0. The summed E-state index contributed by atoms with van der Waals surface area (Å²) in [6.07, 6.45) is 4.64. The molecule has 0 unspecified atom stereocenters. The number of rotatable bonds is 4. The number of aryl methyl sites for hydroxylation is 1. The largest absolute Gasteiger partial charge is 0.396 e. The Labute approximate surface area is 149 Å². The standard InChI is InChI=1S/C20H28N4O/c1-16-17-6-2-3-7-18(17)19(22-21-16)24-12-8-20(15-25,9-13-24)14-23-10-4-5-11-23/h2-3,6-7,25H,4-5,8-15H2,1H3. The Morgan fingerprint density at radius 1 is 1.00 bits per heavy atom. The van der Waals surface area contributed by atoms with Crippen molar-refractivity contribution in [3.05, 3.63) is 30.0 Å². The fraction of sp³-hybridized carbons (Fsp3) is 0.600. The van der Waals surface area contributed by atoms with Crippen molar-refractivity contribution >= 4 is 16.6 Å². The molecule has 0 radical (unpaired) electrons. The van der Waals surface area contributed by atoms with Crippen LogP contribution in [0.3, 0.4) is 0 Å². The minimum Gasteiger partial charge on any atom is -0.396 e. The molecule has 0 aliphatic carbocycles. The fourth-order valence-corrected chi connectivity index (χ4v) is 4.43. The highest BCUT2D eigenvalue weighted by atomic mass is 16.3. The van der Waals surface area contributed by atoms with Gasteiger partial charge in [-0.15, -0.1) is 5.10 Å². The molecule has 1 aromatic carbocycles. The molecule has 134 valence electrons. The van der Waals surface area contributed by atoms with E-state index in [0.717, 1.165) is 44.0 Å². The molecule has 25 heavy (non-hydrogen) atoms. The van der Waals surface area contributed by atoms with E-state index in [2.05, 4.69) is 44.3 Å². The van der Waals surface area contributed by atoms with Crippen molar-refractivity contribution in [2.75, 3.05) is 44.2 Å². The number of hydrogen-bond acceptors (Lipinski definition) is 5. The number of benzene rings is 1. The lowest BCUT2D eigenvalue weighted by molar-refractivity contribution is 0.0594. The summed E-state index contributed by atoms with van der Waals surface area (Å²) in [4.78, 5) is 4.89. The third-order valence-corrected chi connectivity index (χ3v) is 6.07. The second-order valence-corrected chi connectivity index (χ2v) is 7.78. The number of piperidine rings is 1. The first kappa shape index (κ1) is 16.7. The van der Waals surface area contributed by atoms with Gasteiger partial charge in [-0.25, -0.2) is 0 Å². The van der Waals surface area contributed by atoms with Gasteiger partial charge < -0.3 is 14.9 Å². The lowest BCUT2D eigenvalue weighted by atomic mass is 9.78. The minimum absolute atomic E-state index is 0.0504. The van der Waals surface area contributed by atoms with E-state index in [4.69, 9.17) is 0 Å². The highest BCUT2D eigenvalue weighted by Gasteiger charge is 2.37. The Bertz CT molecular complexity index is 734. The zero-order valence-corrected chi connectivity index (χ0v) is 15.1. The van der Waals surface area contributed by atoms with Crippen molar-refractivity contribution in [3.8, 4) is 0 Å². The third-order valence-electron chi connectivity index (χ3n) is 6.07. The van der Waals surface area contributed by atoms with Crippen LogP contribution in [0.1, 0.15) is 31.4 Å². The van der Waals surface area contributed by atoms with E-state index in [-0.39, 0.29) is 12.0 Å². The normalized spacial score (nSPS) is 21.1. The Hall–Kier alpha value is -1.72. The number of hydrogen-bond donors (Lipinski definition) is 1. The van der Waals surface area contributed by atoms with Crippen molar-refractivity contribution in [1.82, 2.24) is 15.1 Å². The van der Waals surface area contributed by atoms with Crippen molar-refractivity contribution in [2.45, 2.75) is 32.6 Å². The molecule has 5 heteroatoms. The van der Waals surface area contributed by atoms with Gasteiger partial charge in [0.05, 0.1) is 12.3 Å². The van der Waals surface area contributed by atoms with Crippen molar-refractivity contribution in [3.63, 3.8) is 0 Å². The Balaban J connectivity index is 1.52. The van der Waals surface area contributed by atoms with E-state index >= 15 is 0 Å². The molecule has 0 atom stereocenters. The van der Waals surface area contributed by atoms with E-state index in [9.17, 15) is 5.11 Å². The van der Waals surface area contributed by atoms with Gasteiger partial charge in [0, 0.05) is 35.8 Å². The van der Waals surface area contributed by atoms with Crippen LogP contribution in [0.25, 0.3) is 10.8 Å². The smallest absolute Gasteiger partial charge is 0.159 e. The van der Waals surface area contributed by atoms with Gasteiger partial charge in [0.2, 0.25) is 0 Å². The second kappa shape index (κ2) is 6.89. The Kier molecular flexibility index (Phi) is 4.61. The quantitative estimate of drug-likeness (QED) is 0.927. The molecule has 3 heterocycles. The maximum atomic E-state index is 10.1. The van der Waals surface area contributed by atoms with E-state index in [1.165, 1.54) is 36.7 Å². The second-order valence-electron chi connectivity index (χ2n) is 7.78. The molecular weight excluding hydrogens is 312 g/mol. The van der Waals surface area contributed by atoms with E-state index < -0.39 is 0 Å². The number of aliphatic hydroxyl groups is 1. The molecule has 4 rings (SSSR count). The van der Waals surface area contributed by atoms with Gasteiger partial charge in [0.1, 0.15) is 0 Å². The molecule has 0 spiro atoms. The van der Waals surface area contributed by atoms with Crippen LogP contribution in [0.5, 0.6) is 0 Å². The van der Waals surface area contributed by atoms with Gasteiger partial charge in [0.15, 0.2) is 5.82 Å². The summed E-state index contributed by atoms with van der Waals surface area (Å²) in [5, 5.41) is 21.3. The Morgan fingerprint density at radius 3 is 2.36 bits per heavy atom. The summed E-state index contributed by atoms with van der Waals surface area (Å²) in [6.45, 7) is 7.61. The van der Waals surface area contributed by atoms with Crippen molar-refractivity contribution < 1.29 is 5.11 Å². The first-order chi connectivity index (χ1) is 12.2. The highest BCUT2D eigenvalue weighted by molar-refractivity contribution is 5.93. The van der Waals surface area contributed by atoms with Gasteiger partial charge in [-0.3, -0.25) is 0 Å². The number of likely N-dealkylation sites (tertiary alicyclic amines) is 1. The number of nitrogens with zero attached hydrogens (tertiary/aromatic N) is 4. The molecule has 5 nitrogen and oxygen atoms in total. The van der Waals surface area contributed by atoms with Crippen LogP contribution in [0.4, 0.5) is 5.82 Å². The monoisotopic (exact) mass is 340 g/mol. The van der Waals surface area contributed by atoms with Crippen LogP contribution < -0.4 is 4.90 Å². The Morgan fingerprint density at radius 2 is 1.68 bits per heavy atom. The molecule has 2 aliphatic rings. The number of anilines is 1. The first-order valence-corrected chi connectivity index (χ1v) is 9.51. The number of aliphatic hydroxyl groups excluding tert-OH is 1. The average Bonchev–Trinajstić information content (AvgIpc) is 3.16. The topological polar surface area (TPSA) is 52.5 Å². The van der Waals surface area contributed by atoms with Gasteiger partial charge in [-0.05, 0) is 45.7 Å². The minimum atomic E-state index is 0.0504. The van der Waals surface area contributed by atoms with Crippen LogP contribution in [-0.4, -0.2) is 59.5 Å². The average molecular weight is 340 g/mol. The number of aromatic nitrogens is 2. The van der Waals surface area contributed by atoms with Gasteiger partial charge in [-0.1, -0.05) is 24.3 Å². The van der Waals surface area contributed by atoms with Crippen molar-refractivity contribution in [1.29, 1.82) is 0 Å². The molecular formula is C20H28N4O. The predicted molar refractivity (Wildman–Crippen MR) is 101 cm³/mol. The highest BCUT2D eigenvalue weighted by Crippen LogP contribution is 2.36. The molecule has 2 aliphatic heterocycles. The zero-order chi connectivity index (χ0) is 17.3. The predicted octanol–water partition coefficient (Wildman–Crippen LogP) is 2.61. The molecule has 0 amide bonds. The van der Waals surface area contributed by atoms with Crippen LogP contribution in [0.2, 0.25) is 0 Å². The summed E-state index contributed by atoms with van der Waals surface area (Å²) in [6, 6.07) is 8.40. The van der Waals surface area contributed by atoms with E-state index in [1.807, 2.05) is 6.92 Å². The summed E-state index contributed by atoms with van der Waals surface area (Å²) < 4.78 is 0. The zero-order valence-electron chi connectivity index (χ0n) is 15.1. The van der Waals surface area contributed by atoms with Crippen LogP contribution in [0.15, 0.2) is 24.3 Å². The van der Waals surface area contributed by atoms with E-state index in [0.29, 0.717) is 0 Å². The summed E-state index contributed by atoms with van der Waals surface area (Å²) in [5.41, 5.74) is 1.03. The summed E-state index contributed by atoms with van der Waals surface area (Å²) in [7, 11) is 0. The fourth-order valence-electron chi connectivity index (χ4n) is 4.43. The molecule has 2 aromatic rings. The van der Waals surface area contributed by atoms with E-state index in [1.54, 1.807) is 0 Å². The molecule has 0 bridgehead atoms. The van der Waals surface area contributed by atoms with Gasteiger partial charge in [-0.2, -0.15) is 5.10 Å². The third kappa shape index (κ3) is 3.23. The van der Waals surface area contributed by atoms with Crippen LogP contribution in [0, 0.1) is 12.3 Å². The molecule has 2 fully saturated rings. The van der Waals surface area contributed by atoms with Gasteiger partial charge >= 0.3 is 0 Å². The molecule has 1 aromatic heterocycles. The van der Waals surface area contributed by atoms with Crippen LogP contribution >= 0.6 is 0 Å². The molecule has 1 N–H and O–H groups in total. The maximum absolute atomic E-state index is 10.1. The SMILES string of the molecule is Cc1nnc(N2CCC(CO)(CN3CCCC3)CC2)c2ccccc12. The summed E-state index contributed by atoms with van der Waals surface area (Å²) in [5.74, 6) is 0.994. The maximum Gasteiger partial charge on any atom is 0.159 e. The van der Waals surface area contributed by atoms with Crippen molar-refractivity contribution in [2.24, 2.45) is 5.41 Å². The number of fused-ring (bicyclic) bond motifs is 1. The van der Waals surface area contributed by atoms with Gasteiger partial charge in [0.25, 0.3) is 0 Å². The lowest BCUT2D eigenvalue weighted by Gasteiger charge is -2.43. The van der Waals surface area contributed by atoms with Crippen LogP contribution in [-0.2, 0) is 0 Å². The molecule has 2 saturated heterocycles. The lowest BCUT2D eigenvalue weighted by Crippen LogP contribution is -2.48. The molecule has 0 saturated carbocycles. The first-order valence-electron chi connectivity index (χ1n) is 9.51.